The minimum atomic E-state index is -3.85. The van der Waals surface area contributed by atoms with Crippen molar-refractivity contribution in [3.8, 4) is 6.07 Å². The van der Waals surface area contributed by atoms with Crippen LogP contribution in [0.25, 0.3) is 0 Å². The molecule has 3 fully saturated rings. The highest BCUT2D eigenvalue weighted by molar-refractivity contribution is 7.10. The summed E-state index contributed by atoms with van der Waals surface area (Å²) in [5.41, 5.74) is -2.07. The van der Waals surface area contributed by atoms with Crippen molar-refractivity contribution in [2.45, 2.75) is 128 Å². The highest BCUT2D eigenvalue weighted by atomic mass is 32.1. The maximum Gasteiger partial charge on any atom is 0.375 e. The van der Waals surface area contributed by atoms with Gasteiger partial charge < -0.3 is 51.5 Å². The second kappa shape index (κ2) is 39.2. The van der Waals surface area contributed by atoms with Crippen molar-refractivity contribution < 1.29 is 105 Å². The summed E-state index contributed by atoms with van der Waals surface area (Å²) in [6.45, 7) is 15.3. The van der Waals surface area contributed by atoms with Gasteiger partial charge in [-0.15, -0.1) is 11.3 Å². The van der Waals surface area contributed by atoms with Crippen LogP contribution in [0, 0.1) is 77.6 Å². The Bertz CT molecular complexity index is 5000. The summed E-state index contributed by atoms with van der Waals surface area (Å²) in [4.78, 5) is 93.8. The van der Waals surface area contributed by atoms with Crippen LogP contribution in [0.4, 0.5) is 84.2 Å². The normalized spacial score (nSPS) is 14.6. The number of nitrogens with zero attached hydrogens (tertiary/aromatic N) is 5. The van der Waals surface area contributed by atoms with E-state index in [0.717, 1.165) is 88.7 Å². The van der Waals surface area contributed by atoms with Crippen molar-refractivity contribution in [3.05, 3.63) is 252 Å². The fraction of sp³-hybridized carbons (Fsp3) is 0.329. The standard InChI is InChI=1S/C22H20F3N3O3.C21H20F4N2O2.C20H20F4N2O2.C19H20F3N3O2S/c1-13-2-3-14(20(30)27-16-4-5-19(23)15(10-16)12-26)11-18(13)22(24,25)21(31)28-8-6-17(29)7-9-28;1-12(27-8-6-15(28)7-9-27)20(25)16-10-13(2-4-17(16)22)21(29)26-14-3-5-18(23)19(24)11-14;1-4-20(2,3)26-19(28)17(24)13-9-11(5-7-14(13)21)18(27)25-12-6-8-15(22)16(23)10-12;1-11-5-7-25(8-6-11)18(27)19(21,22)17-24-15(10-28-17)16(26)23-13-3-4-14(20)12(2)9-13/h2-5,10-11,17,29H,6-9H2,1H3,(H,27,30);2-5,10-11,15,20,28H,1,6-9H2,(H,26,29);5-10,17H,4H2,1-3H3,(H,25,27)(H,26,28);3-4,9-11H,5-8H2,1-2H3,(H,23,26). The van der Waals surface area contributed by atoms with E-state index in [4.69, 9.17) is 5.26 Å². The number of rotatable bonds is 19. The van der Waals surface area contributed by atoms with Crippen LogP contribution in [0.5, 0.6) is 0 Å². The summed E-state index contributed by atoms with van der Waals surface area (Å²) >= 11 is 0.564. The second-order valence-corrected chi connectivity index (χ2v) is 29.1. The Labute approximate surface area is 661 Å². The number of aliphatic hydroxyl groups is 2. The van der Waals surface area contributed by atoms with E-state index in [-0.39, 0.29) is 101 Å². The number of hydrogen-bond donors (Lipinski definition) is 7. The van der Waals surface area contributed by atoms with E-state index in [9.17, 15) is 96.5 Å². The molecule has 0 spiro atoms. The number of allylic oxidation sites excluding steroid dienone is 1. The molecule has 116 heavy (non-hydrogen) atoms. The van der Waals surface area contributed by atoms with E-state index in [1.165, 1.54) is 60.8 Å². The number of alkyl halides is 6. The fourth-order valence-corrected chi connectivity index (χ4v) is 12.5. The van der Waals surface area contributed by atoms with E-state index < -0.39 is 146 Å². The molecule has 0 bridgehead atoms. The molecule has 0 saturated carbocycles. The number of benzene rings is 7. The first-order valence-electron chi connectivity index (χ1n) is 36.1. The molecule has 3 saturated heterocycles. The summed E-state index contributed by atoms with van der Waals surface area (Å²) in [7, 11) is 0. The molecule has 7 N–H and O–H groups in total. The molecule has 4 heterocycles. The second-order valence-electron chi connectivity index (χ2n) is 28.2. The Balaban J connectivity index is 0.000000193. The smallest absolute Gasteiger partial charge is 0.375 e. The molecule has 1 aromatic heterocycles. The van der Waals surface area contributed by atoms with E-state index in [1.54, 1.807) is 38.7 Å². The molecule has 34 heteroatoms. The number of hydrogen-bond acceptors (Lipinski definition) is 13. The highest BCUT2D eigenvalue weighted by Crippen LogP contribution is 2.38. The Hall–Kier alpha value is -11.6. The zero-order valence-corrected chi connectivity index (χ0v) is 64.0. The maximum atomic E-state index is 15.0. The Kier molecular flexibility index (Phi) is 30.4. The number of aromatic nitrogens is 1. The zero-order valence-electron chi connectivity index (χ0n) is 63.2. The summed E-state index contributed by atoms with van der Waals surface area (Å²) in [5, 5.41) is 40.5. The van der Waals surface area contributed by atoms with Crippen molar-refractivity contribution in [2.24, 2.45) is 5.92 Å². The number of carbonyl (C=O) groups excluding carboxylic acids is 7. The molecule has 7 amide bonds. The molecule has 2 unspecified atom stereocenters. The van der Waals surface area contributed by atoms with Crippen LogP contribution in [0.2, 0.25) is 0 Å². The van der Waals surface area contributed by atoms with Crippen molar-refractivity contribution in [1.82, 2.24) is 25.0 Å². The molecule has 8 aromatic rings. The number of halogens is 14. The van der Waals surface area contributed by atoms with Gasteiger partial charge in [0, 0.05) is 124 Å². The maximum absolute atomic E-state index is 15.0. The Morgan fingerprint density at radius 2 is 0.922 bits per heavy atom. The number of nitriles is 1. The molecular formula is C82H80F14N10O9S. The minimum absolute atomic E-state index is 0.00728. The molecule has 616 valence electrons. The monoisotopic (exact) mass is 1650 g/mol. The Morgan fingerprint density at radius 1 is 0.517 bits per heavy atom. The number of thiazole rings is 1. The molecule has 3 aliphatic heterocycles. The number of aliphatic hydroxyl groups excluding tert-OH is 2. The summed E-state index contributed by atoms with van der Waals surface area (Å²) in [6.07, 6.45) is -1.97. The lowest BCUT2D eigenvalue weighted by atomic mass is 9.97. The van der Waals surface area contributed by atoms with E-state index >= 15 is 8.78 Å². The van der Waals surface area contributed by atoms with Crippen LogP contribution in [-0.2, 0) is 26.2 Å². The van der Waals surface area contributed by atoms with Crippen LogP contribution in [0.1, 0.15) is 165 Å². The first kappa shape index (κ1) is 90.0. The number of piperidine rings is 3. The van der Waals surface area contributed by atoms with Gasteiger partial charge in [-0.05, 0) is 199 Å². The van der Waals surface area contributed by atoms with Crippen LogP contribution >= 0.6 is 11.3 Å². The molecular weight excluding hydrogens is 1570 g/mol. The van der Waals surface area contributed by atoms with Crippen molar-refractivity contribution in [1.29, 1.82) is 5.26 Å². The van der Waals surface area contributed by atoms with Crippen LogP contribution in [0.15, 0.2) is 145 Å². The van der Waals surface area contributed by atoms with Gasteiger partial charge in [0.1, 0.15) is 35.0 Å². The zero-order chi connectivity index (χ0) is 85.4. The highest BCUT2D eigenvalue weighted by Gasteiger charge is 2.48. The number of aryl methyl sites for hydroxylation is 2. The van der Waals surface area contributed by atoms with Crippen LogP contribution in [0.3, 0.4) is 0 Å². The number of amides is 7. The third-order valence-electron chi connectivity index (χ3n) is 19.1. The molecule has 2 atom stereocenters. The summed E-state index contributed by atoms with van der Waals surface area (Å²) in [6, 6.07) is 24.3. The van der Waals surface area contributed by atoms with E-state index in [2.05, 4.69) is 38.1 Å². The van der Waals surface area contributed by atoms with Gasteiger partial charge in [0.05, 0.1) is 17.8 Å². The number of likely N-dealkylation sites (tertiary alicyclic amines) is 3. The lowest BCUT2D eigenvalue weighted by Crippen LogP contribution is -2.47. The van der Waals surface area contributed by atoms with Gasteiger partial charge >= 0.3 is 17.8 Å². The molecule has 0 radical (unpaired) electrons. The third-order valence-corrected chi connectivity index (χ3v) is 20.0. The average molecular weight is 1650 g/mol. The SMILES string of the molecule is C=C(C(F)c1cc(C(=O)Nc2ccc(F)c(F)c2)ccc1F)N1CCC(O)CC1.CCC(C)(C)NC(=O)C(F)c1cc(C(=O)Nc2ccc(F)c(F)c2)ccc1F.Cc1cc(NC(=O)c2csc(C(F)(F)C(=O)N3CCC(C)CC3)n2)ccc1F.Cc1ccc(C(=O)Nc2ccc(F)c(C#N)c2)cc1C(F)(F)C(=O)N1CCC(O)CC1. The topological polar surface area (TPSA) is 266 Å². The first-order chi connectivity index (χ1) is 54.6. The van der Waals surface area contributed by atoms with Crippen LogP contribution in [-0.4, -0.2) is 128 Å². The van der Waals surface area contributed by atoms with Gasteiger partial charge in [-0.25, -0.2) is 48.9 Å². The lowest BCUT2D eigenvalue weighted by Gasteiger charge is -2.34. The molecule has 19 nitrogen and oxygen atoms in total. The largest absolute Gasteiger partial charge is 0.393 e. The van der Waals surface area contributed by atoms with Gasteiger partial charge in [0.15, 0.2) is 34.4 Å². The average Bonchev–Trinajstić information content (AvgIpc) is 1.20. The third kappa shape index (κ3) is 23.4. The summed E-state index contributed by atoms with van der Waals surface area (Å²) < 4.78 is 196. The lowest BCUT2D eigenvalue weighted by molar-refractivity contribution is -0.161. The van der Waals surface area contributed by atoms with Gasteiger partial charge in [-0.2, -0.15) is 22.8 Å². The quantitative estimate of drug-likeness (QED) is 0.0373. The minimum Gasteiger partial charge on any atom is -0.393 e. The van der Waals surface area contributed by atoms with Gasteiger partial charge in [-0.3, -0.25) is 33.6 Å². The van der Waals surface area contributed by atoms with Crippen LogP contribution < -0.4 is 26.6 Å². The Morgan fingerprint density at radius 3 is 1.40 bits per heavy atom. The molecule has 3 aliphatic rings. The molecule has 7 aromatic carbocycles. The van der Waals surface area contributed by atoms with Gasteiger partial charge in [0.2, 0.25) is 6.17 Å². The van der Waals surface area contributed by atoms with Crippen molar-refractivity contribution >= 4 is 75.4 Å². The number of carbonyl (C=O) groups is 7. The molecule has 11 rings (SSSR count). The summed E-state index contributed by atoms with van der Waals surface area (Å²) in [5.74, 6) is -21.3. The van der Waals surface area contributed by atoms with E-state index in [1.807, 2.05) is 6.92 Å². The van der Waals surface area contributed by atoms with Gasteiger partial charge in [0.25, 0.3) is 35.4 Å². The fourth-order valence-electron chi connectivity index (χ4n) is 11.7. The number of nitrogens with one attached hydrogen (secondary N) is 5. The molecule has 0 aliphatic carbocycles. The van der Waals surface area contributed by atoms with Crippen molar-refractivity contribution in [3.63, 3.8) is 0 Å². The number of anilines is 4. The first-order valence-corrected chi connectivity index (χ1v) is 37.0. The predicted molar refractivity (Wildman–Crippen MR) is 404 cm³/mol. The van der Waals surface area contributed by atoms with Gasteiger partial charge in [-0.1, -0.05) is 26.5 Å². The van der Waals surface area contributed by atoms with Crippen molar-refractivity contribution in [2.75, 3.05) is 60.5 Å². The predicted octanol–water partition coefficient (Wildman–Crippen LogP) is 16.5. The van der Waals surface area contributed by atoms with E-state index in [0.29, 0.717) is 73.7 Å².